The second-order valence-electron chi connectivity index (χ2n) is 7.42. The molecule has 29 heavy (non-hydrogen) atoms. The lowest BCUT2D eigenvalue weighted by Gasteiger charge is -2.13. The number of hydrogen-bond acceptors (Lipinski definition) is 5. The molecule has 146 valence electrons. The van der Waals surface area contributed by atoms with Crippen molar-refractivity contribution >= 4 is 22.7 Å². The van der Waals surface area contributed by atoms with Crippen molar-refractivity contribution in [3.8, 4) is 0 Å². The maximum absolute atomic E-state index is 12.4. The Hall–Kier alpha value is -2.93. The van der Waals surface area contributed by atoms with E-state index >= 15 is 0 Å². The molecule has 0 unspecified atom stereocenters. The van der Waals surface area contributed by atoms with Crippen LogP contribution in [-0.4, -0.2) is 24.7 Å². The zero-order valence-electron chi connectivity index (χ0n) is 16.1. The molecule has 1 saturated carbocycles. The van der Waals surface area contributed by atoms with E-state index < -0.39 is 0 Å². The first-order valence-electron chi connectivity index (χ1n) is 9.81. The van der Waals surface area contributed by atoms with E-state index in [-0.39, 0.29) is 10.8 Å². The maximum Gasteiger partial charge on any atom is 0.258 e. The number of aromatic amines is 1. The number of fused-ring (bicyclic) bond motifs is 1. The van der Waals surface area contributed by atoms with Gasteiger partial charge in [0.25, 0.3) is 5.56 Å². The standard InChI is InChI=1S/C22H21N5OS/c1-14(19-23-18-10-6-5-9-17(18)21(28)24-19)29-22-26-25-20(16-11-12-16)27(22)13-15-7-3-2-4-8-15/h2-10,14,16H,11-13H2,1H3,(H,23,24,28)/t14-/m1/s1. The molecule has 0 radical (unpaired) electrons. The van der Waals surface area contributed by atoms with Crippen molar-refractivity contribution in [1.82, 2.24) is 24.7 Å². The summed E-state index contributed by atoms with van der Waals surface area (Å²) in [5.74, 6) is 2.22. The number of hydrogen-bond donors (Lipinski definition) is 1. The fourth-order valence-electron chi connectivity index (χ4n) is 3.46. The molecule has 2 aromatic heterocycles. The monoisotopic (exact) mass is 403 g/mol. The number of para-hydroxylation sites is 1. The summed E-state index contributed by atoms with van der Waals surface area (Å²) < 4.78 is 2.22. The van der Waals surface area contributed by atoms with Gasteiger partial charge in [0.1, 0.15) is 11.6 Å². The van der Waals surface area contributed by atoms with Crippen molar-refractivity contribution in [2.24, 2.45) is 0 Å². The summed E-state index contributed by atoms with van der Waals surface area (Å²) in [4.78, 5) is 20.0. The van der Waals surface area contributed by atoms with E-state index in [1.54, 1.807) is 17.8 Å². The normalized spacial score (nSPS) is 14.9. The lowest BCUT2D eigenvalue weighted by Crippen LogP contribution is -2.13. The number of nitrogens with one attached hydrogen (secondary N) is 1. The minimum Gasteiger partial charge on any atom is -0.309 e. The Labute approximate surface area is 172 Å². The molecule has 1 aliphatic rings. The Bertz CT molecular complexity index is 1210. The van der Waals surface area contributed by atoms with Gasteiger partial charge in [0, 0.05) is 5.92 Å². The first-order valence-corrected chi connectivity index (χ1v) is 10.7. The predicted molar refractivity (Wildman–Crippen MR) is 114 cm³/mol. The predicted octanol–water partition coefficient (Wildman–Crippen LogP) is 4.29. The van der Waals surface area contributed by atoms with Crippen LogP contribution in [0.25, 0.3) is 10.9 Å². The lowest BCUT2D eigenvalue weighted by atomic mass is 10.2. The largest absolute Gasteiger partial charge is 0.309 e. The van der Waals surface area contributed by atoms with Gasteiger partial charge in [-0.25, -0.2) is 4.98 Å². The summed E-state index contributed by atoms with van der Waals surface area (Å²) in [6.07, 6.45) is 2.35. The fraction of sp³-hybridized carbons (Fsp3) is 0.273. The molecule has 0 spiro atoms. The van der Waals surface area contributed by atoms with Gasteiger partial charge in [0.05, 0.1) is 22.7 Å². The van der Waals surface area contributed by atoms with Gasteiger partial charge in [-0.2, -0.15) is 0 Å². The van der Waals surface area contributed by atoms with Crippen LogP contribution in [0, 0.1) is 0 Å². The molecular formula is C22H21N5OS. The van der Waals surface area contributed by atoms with Gasteiger partial charge in [-0.05, 0) is 37.5 Å². The molecule has 5 rings (SSSR count). The van der Waals surface area contributed by atoms with Crippen molar-refractivity contribution in [3.05, 3.63) is 82.2 Å². The summed E-state index contributed by atoms with van der Waals surface area (Å²) in [6, 6.07) is 17.8. The number of benzene rings is 2. The molecule has 4 aromatic rings. The molecule has 0 saturated heterocycles. The van der Waals surface area contributed by atoms with Crippen molar-refractivity contribution in [2.45, 2.75) is 42.6 Å². The summed E-state index contributed by atoms with van der Waals surface area (Å²) in [6.45, 7) is 2.78. The zero-order chi connectivity index (χ0) is 19.8. The minimum absolute atomic E-state index is 0.0573. The van der Waals surface area contributed by atoms with E-state index in [0.717, 1.165) is 17.5 Å². The van der Waals surface area contributed by atoms with E-state index in [4.69, 9.17) is 0 Å². The minimum atomic E-state index is -0.109. The molecule has 2 aromatic carbocycles. The van der Waals surface area contributed by atoms with Crippen LogP contribution in [0.5, 0.6) is 0 Å². The summed E-state index contributed by atoms with van der Waals surface area (Å²) >= 11 is 1.58. The van der Waals surface area contributed by atoms with Gasteiger partial charge in [-0.3, -0.25) is 4.79 Å². The van der Waals surface area contributed by atoms with Gasteiger partial charge in [-0.1, -0.05) is 54.2 Å². The Balaban J connectivity index is 1.46. The third-order valence-electron chi connectivity index (χ3n) is 5.17. The lowest BCUT2D eigenvalue weighted by molar-refractivity contribution is 0.666. The van der Waals surface area contributed by atoms with E-state index in [9.17, 15) is 4.79 Å². The third-order valence-corrected chi connectivity index (χ3v) is 6.26. The number of thioether (sulfide) groups is 1. The van der Waals surface area contributed by atoms with Gasteiger partial charge < -0.3 is 9.55 Å². The van der Waals surface area contributed by atoms with Crippen molar-refractivity contribution in [2.75, 3.05) is 0 Å². The van der Waals surface area contributed by atoms with Crippen LogP contribution < -0.4 is 5.56 Å². The smallest absolute Gasteiger partial charge is 0.258 e. The third kappa shape index (κ3) is 3.70. The summed E-state index contributed by atoms with van der Waals surface area (Å²) in [7, 11) is 0. The molecule has 0 bridgehead atoms. The van der Waals surface area contributed by atoms with Crippen molar-refractivity contribution < 1.29 is 0 Å². The van der Waals surface area contributed by atoms with E-state index in [2.05, 4.69) is 49.0 Å². The van der Waals surface area contributed by atoms with Gasteiger partial charge in [-0.15, -0.1) is 10.2 Å². The Morgan fingerprint density at radius 2 is 1.86 bits per heavy atom. The van der Waals surface area contributed by atoms with E-state index in [0.29, 0.717) is 22.6 Å². The molecule has 1 N–H and O–H groups in total. The average molecular weight is 404 g/mol. The molecule has 1 atom stereocenters. The Morgan fingerprint density at radius 1 is 1.10 bits per heavy atom. The van der Waals surface area contributed by atoms with Crippen molar-refractivity contribution in [3.63, 3.8) is 0 Å². The molecule has 6 nitrogen and oxygen atoms in total. The summed E-state index contributed by atoms with van der Waals surface area (Å²) in [5, 5.41) is 10.4. The topological polar surface area (TPSA) is 76.5 Å². The molecule has 1 fully saturated rings. The maximum atomic E-state index is 12.4. The molecule has 1 aliphatic carbocycles. The Morgan fingerprint density at radius 3 is 2.66 bits per heavy atom. The molecule has 0 aliphatic heterocycles. The first kappa shape index (κ1) is 18.1. The average Bonchev–Trinajstić information content (AvgIpc) is 3.52. The van der Waals surface area contributed by atoms with Crippen LogP contribution in [0.2, 0.25) is 0 Å². The fourth-order valence-corrected chi connectivity index (χ4v) is 4.37. The van der Waals surface area contributed by atoms with Gasteiger partial charge in [0.2, 0.25) is 0 Å². The molecule has 2 heterocycles. The van der Waals surface area contributed by atoms with Crippen LogP contribution in [-0.2, 0) is 6.54 Å². The number of aromatic nitrogens is 5. The molecule has 7 heteroatoms. The Kier molecular flexibility index (Phi) is 4.67. The second-order valence-corrected chi connectivity index (χ2v) is 8.72. The van der Waals surface area contributed by atoms with Crippen LogP contribution in [0.4, 0.5) is 0 Å². The van der Waals surface area contributed by atoms with Crippen LogP contribution in [0.15, 0.2) is 64.5 Å². The highest BCUT2D eigenvalue weighted by Gasteiger charge is 2.31. The highest BCUT2D eigenvalue weighted by molar-refractivity contribution is 7.99. The van der Waals surface area contributed by atoms with Crippen molar-refractivity contribution in [1.29, 1.82) is 0 Å². The number of rotatable bonds is 6. The van der Waals surface area contributed by atoms with E-state index in [1.807, 2.05) is 31.2 Å². The van der Waals surface area contributed by atoms with Gasteiger partial charge >= 0.3 is 0 Å². The van der Waals surface area contributed by atoms with Crippen LogP contribution in [0.1, 0.15) is 48.1 Å². The first-order chi connectivity index (χ1) is 14.2. The molecule has 0 amide bonds. The SMILES string of the molecule is C[C@@H](Sc1nnc(C2CC2)n1Cc1ccccc1)c1nc2ccccc2c(=O)[nH]1. The quantitative estimate of drug-likeness (QED) is 0.486. The highest BCUT2D eigenvalue weighted by Crippen LogP contribution is 2.41. The molecular weight excluding hydrogens is 382 g/mol. The second kappa shape index (κ2) is 7.48. The highest BCUT2D eigenvalue weighted by atomic mass is 32.2. The van der Waals surface area contributed by atoms with Crippen LogP contribution >= 0.6 is 11.8 Å². The van der Waals surface area contributed by atoms with Gasteiger partial charge in [0.15, 0.2) is 5.16 Å². The number of nitrogens with zero attached hydrogens (tertiary/aromatic N) is 4. The van der Waals surface area contributed by atoms with Crippen LogP contribution in [0.3, 0.4) is 0 Å². The summed E-state index contributed by atoms with van der Waals surface area (Å²) in [5.41, 5.74) is 1.83. The van der Waals surface area contributed by atoms with E-state index in [1.165, 1.54) is 18.4 Å². The number of H-pyrrole nitrogens is 1. The zero-order valence-corrected chi connectivity index (χ0v) is 16.9.